The third kappa shape index (κ3) is 1.95. The second kappa shape index (κ2) is 3.30. The van der Waals surface area contributed by atoms with E-state index in [4.69, 9.17) is 0 Å². The van der Waals surface area contributed by atoms with Gasteiger partial charge in [0.05, 0.1) is 0 Å². The van der Waals surface area contributed by atoms with Gasteiger partial charge in [0, 0.05) is 0 Å². The number of rotatable bonds is 2. The van der Waals surface area contributed by atoms with E-state index in [2.05, 4.69) is 6.58 Å². The number of hydrogen-bond acceptors (Lipinski definition) is 1. The third-order valence-electron chi connectivity index (χ3n) is 2.22. The molecule has 1 N–H and O–H groups in total. The molecule has 0 fully saturated rings. The van der Waals surface area contributed by atoms with E-state index in [9.17, 15) is 9.50 Å². The van der Waals surface area contributed by atoms with Gasteiger partial charge in [0.25, 0.3) is 0 Å². The van der Waals surface area contributed by atoms with E-state index in [1.165, 1.54) is 12.1 Å². The Morgan fingerprint density at radius 2 is 2.15 bits per heavy atom. The smallest absolute Gasteiger partial charge is 0.123 e. The molecule has 0 saturated heterocycles. The van der Waals surface area contributed by atoms with Crippen LogP contribution in [0.5, 0.6) is 0 Å². The topological polar surface area (TPSA) is 20.2 Å². The highest BCUT2D eigenvalue weighted by atomic mass is 19.1. The van der Waals surface area contributed by atoms with Crippen molar-refractivity contribution < 1.29 is 9.50 Å². The molecule has 0 bridgehead atoms. The standard InChI is InChI=1S/C11H13FO/c1-8(2)11(3,13)9-5-4-6-10(12)7-9/h4-7,13H,1H2,2-3H3. The first-order valence-electron chi connectivity index (χ1n) is 4.09. The second-order valence-corrected chi connectivity index (χ2v) is 3.36. The predicted octanol–water partition coefficient (Wildman–Crippen LogP) is 2.61. The summed E-state index contributed by atoms with van der Waals surface area (Å²) in [4.78, 5) is 0. The molecule has 1 atom stereocenters. The zero-order valence-corrected chi connectivity index (χ0v) is 7.84. The molecule has 0 radical (unpaired) electrons. The number of benzene rings is 1. The molecule has 13 heavy (non-hydrogen) atoms. The van der Waals surface area contributed by atoms with Crippen molar-refractivity contribution in [1.29, 1.82) is 0 Å². The largest absolute Gasteiger partial charge is 0.381 e. The van der Waals surface area contributed by atoms with Crippen LogP contribution in [0.2, 0.25) is 0 Å². The van der Waals surface area contributed by atoms with Crippen LogP contribution in [0.15, 0.2) is 36.4 Å². The molecule has 0 heterocycles. The van der Waals surface area contributed by atoms with Crippen molar-refractivity contribution in [3.63, 3.8) is 0 Å². The summed E-state index contributed by atoms with van der Waals surface area (Å²) in [6.07, 6.45) is 0. The van der Waals surface area contributed by atoms with Crippen LogP contribution in [0, 0.1) is 5.82 Å². The van der Waals surface area contributed by atoms with E-state index in [1.54, 1.807) is 26.0 Å². The third-order valence-corrected chi connectivity index (χ3v) is 2.22. The van der Waals surface area contributed by atoms with Crippen molar-refractivity contribution in [2.24, 2.45) is 0 Å². The molecule has 1 unspecified atom stereocenters. The molecular weight excluding hydrogens is 167 g/mol. The van der Waals surface area contributed by atoms with E-state index in [-0.39, 0.29) is 5.82 Å². The van der Waals surface area contributed by atoms with Crippen molar-refractivity contribution in [3.05, 3.63) is 47.8 Å². The van der Waals surface area contributed by atoms with Gasteiger partial charge in [-0.05, 0) is 37.1 Å². The summed E-state index contributed by atoms with van der Waals surface area (Å²) in [6, 6.07) is 5.91. The summed E-state index contributed by atoms with van der Waals surface area (Å²) in [7, 11) is 0. The summed E-state index contributed by atoms with van der Waals surface area (Å²) < 4.78 is 12.8. The normalized spacial score (nSPS) is 15.1. The Hall–Kier alpha value is -1.15. The van der Waals surface area contributed by atoms with E-state index >= 15 is 0 Å². The molecule has 0 spiro atoms. The molecule has 0 aromatic heterocycles. The Morgan fingerprint density at radius 3 is 2.62 bits per heavy atom. The molecule has 1 aromatic rings. The quantitative estimate of drug-likeness (QED) is 0.693. The zero-order chi connectivity index (χ0) is 10.1. The molecular formula is C11H13FO. The molecule has 70 valence electrons. The molecule has 2 heteroatoms. The lowest BCUT2D eigenvalue weighted by Gasteiger charge is -2.24. The van der Waals surface area contributed by atoms with Crippen LogP contribution in [-0.4, -0.2) is 5.11 Å². The first kappa shape index (κ1) is 9.93. The van der Waals surface area contributed by atoms with E-state index in [0.717, 1.165) is 0 Å². The van der Waals surface area contributed by atoms with Crippen LogP contribution < -0.4 is 0 Å². The van der Waals surface area contributed by atoms with Gasteiger partial charge in [-0.3, -0.25) is 0 Å². The molecule has 0 aliphatic heterocycles. The summed E-state index contributed by atoms with van der Waals surface area (Å²) in [5.41, 5.74) is -0.0275. The molecule has 0 saturated carbocycles. The SMILES string of the molecule is C=C(C)C(C)(O)c1cccc(F)c1. The fraction of sp³-hybridized carbons (Fsp3) is 0.273. The lowest BCUT2D eigenvalue weighted by Crippen LogP contribution is -2.22. The number of aliphatic hydroxyl groups is 1. The minimum absolute atomic E-state index is 0.348. The average Bonchev–Trinajstić information content (AvgIpc) is 2.04. The fourth-order valence-electron chi connectivity index (χ4n) is 1.04. The first-order chi connectivity index (χ1) is 5.94. The van der Waals surface area contributed by atoms with Gasteiger partial charge in [0.15, 0.2) is 0 Å². The molecule has 1 nitrogen and oxygen atoms in total. The average molecular weight is 180 g/mol. The highest BCUT2D eigenvalue weighted by Crippen LogP contribution is 2.27. The van der Waals surface area contributed by atoms with Crippen molar-refractivity contribution in [3.8, 4) is 0 Å². The maximum atomic E-state index is 12.8. The molecule has 1 aromatic carbocycles. The van der Waals surface area contributed by atoms with Crippen molar-refractivity contribution in [1.82, 2.24) is 0 Å². The van der Waals surface area contributed by atoms with Crippen molar-refractivity contribution in [2.75, 3.05) is 0 Å². The van der Waals surface area contributed by atoms with Gasteiger partial charge >= 0.3 is 0 Å². The van der Waals surface area contributed by atoms with Gasteiger partial charge in [-0.1, -0.05) is 18.7 Å². The van der Waals surface area contributed by atoms with Crippen LogP contribution in [0.1, 0.15) is 19.4 Å². The molecule has 0 aliphatic rings. The lowest BCUT2D eigenvalue weighted by atomic mass is 9.90. The lowest BCUT2D eigenvalue weighted by molar-refractivity contribution is 0.0977. The van der Waals surface area contributed by atoms with E-state index in [0.29, 0.717) is 11.1 Å². The van der Waals surface area contributed by atoms with Crippen LogP contribution in [0.3, 0.4) is 0 Å². The van der Waals surface area contributed by atoms with Gasteiger partial charge in [-0.25, -0.2) is 4.39 Å². The van der Waals surface area contributed by atoms with Gasteiger partial charge in [-0.2, -0.15) is 0 Å². The zero-order valence-electron chi connectivity index (χ0n) is 7.84. The maximum Gasteiger partial charge on any atom is 0.123 e. The summed E-state index contributed by atoms with van der Waals surface area (Å²) >= 11 is 0. The van der Waals surface area contributed by atoms with Crippen molar-refractivity contribution >= 4 is 0 Å². The van der Waals surface area contributed by atoms with Crippen LogP contribution in [0.4, 0.5) is 4.39 Å². The number of hydrogen-bond donors (Lipinski definition) is 1. The Morgan fingerprint density at radius 1 is 1.54 bits per heavy atom. The van der Waals surface area contributed by atoms with Gasteiger partial charge < -0.3 is 5.11 Å². The van der Waals surface area contributed by atoms with E-state index < -0.39 is 5.60 Å². The van der Waals surface area contributed by atoms with Crippen LogP contribution >= 0.6 is 0 Å². The van der Waals surface area contributed by atoms with Gasteiger partial charge in [-0.15, -0.1) is 0 Å². The van der Waals surface area contributed by atoms with Gasteiger partial charge in [0.1, 0.15) is 11.4 Å². The molecule has 0 amide bonds. The van der Waals surface area contributed by atoms with Gasteiger partial charge in [0.2, 0.25) is 0 Å². The highest BCUT2D eigenvalue weighted by Gasteiger charge is 2.23. The Kier molecular flexibility index (Phi) is 2.52. The monoisotopic (exact) mass is 180 g/mol. The highest BCUT2D eigenvalue weighted by molar-refractivity contribution is 5.29. The summed E-state index contributed by atoms with van der Waals surface area (Å²) in [5.74, 6) is -0.348. The van der Waals surface area contributed by atoms with Crippen LogP contribution in [0.25, 0.3) is 0 Å². The Bertz CT molecular complexity index is 329. The minimum Gasteiger partial charge on any atom is -0.381 e. The number of halogens is 1. The maximum absolute atomic E-state index is 12.8. The Balaban J connectivity index is 3.14. The van der Waals surface area contributed by atoms with E-state index in [1.807, 2.05) is 0 Å². The predicted molar refractivity (Wildman–Crippen MR) is 50.8 cm³/mol. The summed E-state index contributed by atoms with van der Waals surface area (Å²) in [6.45, 7) is 6.97. The summed E-state index contributed by atoms with van der Waals surface area (Å²) in [5, 5.41) is 9.92. The fourth-order valence-corrected chi connectivity index (χ4v) is 1.04. The van der Waals surface area contributed by atoms with Crippen LogP contribution in [-0.2, 0) is 5.60 Å². The molecule has 1 rings (SSSR count). The Labute approximate surface area is 77.5 Å². The minimum atomic E-state index is -1.15. The van der Waals surface area contributed by atoms with Crippen molar-refractivity contribution in [2.45, 2.75) is 19.4 Å². The molecule has 0 aliphatic carbocycles. The first-order valence-corrected chi connectivity index (χ1v) is 4.09. The second-order valence-electron chi connectivity index (χ2n) is 3.36.